The van der Waals surface area contributed by atoms with E-state index in [4.69, 9.17) is 10.5 Å². The Balaban J connectivity index is 0.00000242. The lowest BCUT2D eigenvalue weighted by atomic mass is 10.1. The normalized spacial score (nSPS) is 10.3. The fourth-order valence-electron chi connectivity index (χ4n) is 2.26. The van der Waals surface area contributed by atoms with Crippen molar-refractivity contribution in [1.82, 2.24) is 4.90 Å². The van der Waals surface area contributed by atoms with Gasteiger partial charge < -0.3 is 10.5 Å². The van der Waals surface area contributed by atoms with E-state index in [2.05, 4.69) is 35.2 Å². The molecule has 0 atom stereocenters. The van der Waals surface area contributed by atoms with Gasteiger partial charge in [-0.3, -0.25) is 4.90 Å². The minimum atomic E-state index is 0. The molecule has 2 aromatic carbocycles. The Kier molecular flexibility index (Phi) is 9.31. The number of nitrogens with two attached hydrogens (primary N) is 1. The first-order valence-electron chi connectivity index (χ1n) is 7.52. The summed E-state index contributed by atoms with van der Waals surface area (Å²) in [7, 11) is 0. The van der Waals surface area contributed by atoms with Crippen molar-refractivity contribution in [2.75, 3.05) is 32.8 Å². The van der Waals surface area contributed by atoms with E-state index in [1.165, 1.54) is 5.56 Å². The summed E-state index contributed by atoms with van der Waals surface area (Å²) >= 11 is 0. The van der Waals surface area contributed by atoms with E-state index >= 15 is 0 Å². The van der Waals surface area contributed by atoms with Gasteiger partial charge >= 0.3 is 0 Å². The van der Waals surface area contributed by atoms with Crippen LogP contribution >= 0.6 is 12.4 Å². The van der Waals surface area contributed by atoms with Crippen molar-refractivity contribution in [3.05, 3.63) is 66.2 Å². The second-order valence-electron chi connectivity index (χ2n) is 5.03. The summed E-state index contributed by atoms with van der Waals surface area (Å²) in [5.41, 5.74) is 7.06. The van der Waals surface area contributed by atoms with Crippen LogP contribution in [0.15, 0.2) is 60.7 Å². The molecule has 120 valence electrons. The van der Waals surface area contributed by atoms with Crippen molar-refractivity contribution in [2.45, 2.75) is 6.42 Å². The Hall–Kier alpha value is -1.55. The van der Waals surface area contributed by atoms with Gasteiger partial charge in [0.15, 0.2) is 0 Å². The average molecular weight is 321 g/mol. The number of ether oxygens (including phenoxy) is 1. The topological polar surface area (TPSA) is 38.5 Å². The van der Waals surface area contributed by atoms with E-state index in [0.29, 0.717) is 13.2 Å². The molecular weight excluding hydrogens is 296 g/mol. The number of rotatable bonds is 9. The van der Waals surface area contributed by atoms with Gasteiger partial charge in [-0.25, -0.2) is 0 Å². The van der Waals surface area contributed by atoms with Gasteiger partial charge in [0.05, 0.1) is 0 Å². The van der Waals surface area contributed by atoms with Crippen molar-refractivity contribution in [2.24, 2.45) is 5.73 Å². The highest BCUT2D eigenvalue weighted by Gasteiger charge is 2.04. The largest absolute Gasteiger partial charge is 0.492 e. The Labute approximate surface area is 139 Å². The Morgan fingerprint density at radius 1 is 0.818 bits per heavy atom. The van der Waals surface area contributed by atoms with Gasteiger partial charge in [-0.15, -0.1) is 12.4 Å². The molecular formula is C18H25ClN2O. The van der Waals surface area contributed by atoms with Crippen LogP contribution in [0.2, 0.25) is 0 Å². The van der Waals surface area contributed by atoms with E-state index < -0.39 is 0 Å². The monoisotopic (exact) mass is 320 g/mol. The maximum atomic E-state index is 5.75. The molecule has 0 saturated heterocycles. The van der Waals surface area contributed by atoms with Crippen LogP contribution in [0.1, 0.15) is 5.56 Å². The molecule has 0 aliphatic rings. The highest BCUT2D eigenvalue weighted by molar-refractivity contribution is 5.85. The first-order chi connectivity index (χ1) is 10.4. The molecule has 0 saturated carbocycles. The maximum absolute atomic E-state index is 5.75. The predicted octanol–water partition coefficient (Wildman–Crippen LogP) is 2.99. The molecule has 0 radical (unpaired) electrons. The molecule has 0 aromatic heterocycles. The molecule has 0 unspecified atom stereocenters. The second-order valence-corrected chi connectivity index (χ2v) is 5.03. The molecule has 2 rings (SSSR count). The second kappa shape index (κ2) is 11.1. The van der Waals surface area contributed by atoms with Gasteiger partial charge in [-0.2, -0.15) is 0 Å². The highest BCUT2D eigenvalue weighted by atomic mass is 35.5. The number of hydrogen-bond donors (Lipinski definition) is 1. The molecule has 0 heterocycles. The van der Waals surface area contributed by atoms with E-state index in [-0.39, 0.29) is 12.4 Å². The predicted molar refractivity (Wildman–Crippen MR) is 94.8 cm³/mol. The quantitative estimate of drug-likeness (QED) is 0.772. The zero-order valence-corrected chi connectivity index (χ0v) is 13.7. The number of hydrogen-bond acceptors (Lipinski definition) is 3. The Morgan fingerprint density at radius 3 is 2.09 bits per heavy atom. The molecule has 0 bridgehead atoms. The van der Waals surface area contributed by atoms with Gasteiger partial charge in [-0.1, -0.05) is 48.5 Å². The van der Waals surface area contributed by atoms with Gasteiger partial charge in [0, 0.05) is 26.2 Å². The molecule has 0 aliphatic heterocycles. The summed E-state index contributed by atoms with van der Waals surface area (Å²) in [6.45, 7) is 4.20. The minimum Gasteiger partial charge on any atom is -0.492 e. The molecule has 3 nitrogen and oxygen atoms in total. The van der Waals surface area contributed by atoms with E-state index in [1.807, 2.05) is 30.3 Å². The summed E-state index contributed by atoms with van der Waals surface area (Å²) in [6.07, 6.45) is 1.05. The number of para-hydroxylation sites is 1. The molecule has 0 fully saturated rings. The van der Waals surface area contributed by atoms with Crippen molar-refractivity contribution < 1.29 is 4.74 Å². The van der Waals surface area contributed by atoms with Crippen molar-refractivity contribution >= 4 is 12.4 Å². The molecule has 4 heteroatoms. The molecule has 22 heavy (non-hydrogen) atoms. The standard InChI is InChI=1S/C18H24N2O.ClH/c19-12-14-20(13-11-17-7-3-1-4-8-17)15-16-21-18-9-5-2-6-10-18;/h1-10H,11-16,19H2;1H. The highest BCUT2D eigenvalue weighted by Crippen LogP contribution is 2.08. The summed E-state index contributed by atoms with van der Waals surface area (Å²) in [4.78, 5) is 2.36. The van der Waals surface area contributed by atoms with Crippen LogP contribution in [-0.2, 0) is 6.42 Å². The third kappa shape index (κ3) is 6.94. The zero-order valence-electron chi connectivity index (χ0n) is 12.9. The SMILES string of the molecule is Cl.NCCN(CCOc1ccccc1)CCc1ccccc1. The summed E-state index contributed by atoms with van der Waals surface area (Å²) in [6, 6.07) is 20.5. The van der Waals surface area contributed by atoms with Crippen LogP contribution in [0.5, 0.6) is 5.75 Å². The van der Waals surface area contributed by atoms with Crippen molar-refractivity contribution in [3.8, 4) is 5.75 Å². The number of benzene rings is 2. The molecule has 0 spiro atoms. The lowest BCUT2D eigenvalue weighted by molar-refractivity contribution is 0.214. The zero-order chi connectivity index (χ0) is 14.8. The number of halogens is 1. The average Bonchev–Trinajstić information content (AvgIpc) is 2.54. The fraction of sp³-hybridized carbons (Fsp3) is 0.333. The van der Waals surface area contributed by atoms with Crippen LogP contribution < -0.4 is 10.5 Å². The van der Waals surface area contributed by atoms with Crippen LogP contribution in [0, 0.1) is 0 Å². The lowest BCUT2D eigenvalue weighted by Crippen LogP contribution is -2.34. The Morgan fingerprint density at radius 2 is 1.45 bits per heavy atom. The van der Waals surface area contributed by atoms with Crippen molar-refractivity contribution in [3.63, 3.8) is 0 Å². The first kappa shape index (κ1) is 18.5. The van der Waals surface area contributed by atoms with E-state index in [1.54, 1.807) is 0 Å². The lowest BCUT2D eigenvalue weighted by Gasteiger charge is -2.21. The first-order valence-corrected chi connectivity index (χ1v) is 7.52. The van der Waals surface area contributed by atoms with Crippen LogP contribution in [0.4, 0.5) is 0 Å². The van der Waals surface area contributed by atoms with E-state index in [0.717, 1.165) is 31.8 Å². The van der Waals surface area contributed by atoms with E-state index in [9.17, 15) is 0 Å². The molecule has 0 amide bonds. The summed E-state index contributed by atoms with van der Waals surface area (Å²) in [5, 5.41) is 0. The van der Waals surface area contributed by atoms with Crippen LogP contribution in [-0.4, -0.2) is 37.7 Å². The Bertz CT molecular complexity index is 493. The third-order valence-electron chi connectivity index (χ3n) is 3.42. The van der Waals surface area contributed by atoms with Gasteiger partial charge in [0.25, 0.3) is 0 Å². The summed E-state index contributed by atoms with van der Waals surface area (Å²) in [5.74, 6) is 0.924. The fourth-order valence-corrected chi connectivity index (χ4v) is 2.26. The number of nitrogens with zero attached hydrogens (tertiary/aromatic N) is 1. The minimum absolute atomic E-state index is 0. The van der Waals surface area contributed by atoms with Gasteiger partial charge in [-0.05, 0) is 24.1 Å². The summed E-state index contributed by atoms with van der Waals surface area (Å²) < 4.78 is 5.75. The molecule has 2 aromatic rings. The van der Waals surface area contributed by atoms with Crippen LogP contribution in [0.25, 0.3) is 0 Å². The van der Waals surface area contributed by atoms with Gasteiger partial charge in [0.2, 0.25) is 0 Å². The van der Waals surface area contributed by atoms with Crippen LogP contribution in [0.3, 0.4) is 0 Å². The maximum Gasteiger partial charge on any atom is 0.119 e. The third-order valence-corrected chi connectivity index (χ3v) is 3.42. The van der Waals surface area contributed by atoms with Gasteiger partial charge in [0.1, 0.15) is 12.4 Å². The van der Waals surface area contributed by atoms with Crippen molar-refractivity contribution in [1.29, 1.82) is 0 Å². The smallest absolute Gasteiger partial charge is 0.119 e. The molecule has 0 aliphatic carbocycles. The molecule has 2 N–H and O–H groups in total.